The molecule has 1 aliphatic rings. The van der Waals surface area contributed by atoms with E-state index in [0.29, 0.717) is 59.6 Å². The zero-order valence-electron chi connectivity index (χ0n) is 11.0. The van der Waals surface area contributed by atoms with Crippen LogP contribution < -0.4 is 5.32 Å². The van der Waals surface area contributed by atoms with E-state index in [9.17, 15) is 0 Å². The van der Waals surface area contributed by atoms with Crippen LogP contribution in [0.2, 0.25) is 0 Å². The Hall–Kier alpha value is -0.240. The molecule has 0 amide bonds. The summed E-state index contributed by atoms with van der Waals surface area (Å²) in [5.74, 6) is 0. The van der Waals surface area contributed by atoms with Gasteiger partial charge in [-0.3, -0.25) is 0 Å². The average Bonchev–Trinajstić information content (AvgIpc) is 2.39. The first-order valence-electron chi connectivity index (χ1n) is 6.59. The number of nitrogens with one attached hydrogen (secondary N) is 1. The largest absolute Gasteiger partial charge is 0.379 e. The monoisotopic (exact) mass is 263 g/mol. The highest BCUT2D eigenvalue weighted by Gasteiger charge is 1.95. The predicted octanol–water partition coefficient (Wildman–Crippen LogP) is 0.0202. The highest BCUT2D eigenvalue weighted by molar-refractivity contribution is 4.45. The Kier molecular flexibility index (Phi) is 11.6. The molecule has 0 atom stereocenters. The van der Waals surface area contributed by atoms with Gasteiger partial charge in [0.25, 0.3) is 0 Å². The lowest BCUT2D eigenvalue weighted by molar-refractivity contribution is -0.0593. The van der Waals surface area contributed by atoms with Crippen molar-refractivity contribution in [1.82, 2.24) is 5.32 Å². The lowest BCUT2D eigenvalue weighted by atomic mass is 10.5. The van der Waals surface area contributed by atoms with Crippen molar-refractivity contribution in [2.75, 3.05) is 72.7 Å². The van der Waals surface area contributed by atoms with Crippen molar-refractivity contribution in [2.45, 2.75) is 6.42 Å². The number of ether oxygens (including phenoxy) is 5. The van der Waals surface area contributed by atoms with Crippen LogP contribution >= 0.6 is 0 Å². The maximum absolute atomic E-state index is 5.39. The molecule has 0 spiro atoms. The summed E-state index contributed by atoms with van der Waals surface area (Å²) in [6, 6.07) is 0. The van der Waals surface area contributed by atoms with Crippen molar-refractivity contribution in [3.63, 3.8) is 0 Å². The van der Waals surface area contributed by atoms with Crippen molar-refractivity contribution in [3.05, 3.63) is 0 Å². The molecule has 0 saturated carbocycles. The number of rotatable bonds is 0. The molecule has 1 aliphatic heterocycles. The minimum absolute atomic E-state index is 0.349. The molecular formula is C12H25NO5. The second kappa shape index (κ2) is 13.2. The van der Waals surface area contributed by atoms with Crippen LogP contribution in [0, 0.1) is 0 Å². The Morgan fingerprint density at radius 1 is 0.500 bits per heavy atom. The van der Waals surface area contributed by atoms with E-state index in [-0.39, 0.29) is 0 Å². The fourth-order valence-corrected chi connectivity index (χ4v) is 1.40. The molecule has 6 nitrogen and oxygen atoms in total. The highest BCUT2D eigenvalue weighted by atomic mass is 16.7. The molecule has 0 unspecified atom stereocenters. The summed E-state index contributed by atoms with van der Waals surface area (Å²) in [5, 5.41) is 3.22. The molecule has 0 aromatic rings. The summed E-state index contributed by atoms with van der Waals surface area (Å²) >= 11 is 0. The van der Waals surface area contributed by atoms with Crippen molar-refractivity contribution in [1.29, 1.82) is 0 Å². The molecule has 0 radical (unpaired) electrons. The second-order valence-electron chi connectivity index (χ2n) is 3.88. The van der Waals surface area contributed by atoms with Gasteiger partial charge in [0.2, 0.25) is 0 Å². The van der Waals surface area contributed by atoms with E-state index >= 15 is 0 Å². The first-order valence-corrected chi connectivity index (χ1v) is 6.59. The topological polar surface area (TPSA) is 58.2 Å². The number of hydrogen-bond acceptors (Lipinski definition) is 6. The predicted molar refractivity (Wildman–Crippen MR) is 66.7 cm³/mol. The summed E-state index contributed by atoms with van der Waals surface area (Å²) in [6.45, 7) is 7.19. The number of hydrogen-bond donors (Lipinski definition) is 1. The van der Waals surface area contributed by atoms with E-state index in [1.54, 1.807) is 0 Å². The van der Waals surface area contributed by atoms with Gasteiger partial charge in [0.1, 0.15) is 6.79 Å². The van der Waals surface area contributed by atoms with Crippen LogP contribution in [-0.4, -0.2) is 72.7 Å². The van der Waals surface area contributed by atoms with Gasteiger partial charge in [0, 0.05) is 19.7 Å². The van der Waals surface area contributed by atoms with E-state index in [1.807, 2.05) is 0 Å². The molecule has 6 heteroatoms. The van der Waals surface area contributed by atoms with Gasteiger partial charge in [0.15, 0.2) is 0 Å². The lowest BCUT2D eigenvalue weighted by Crippen LogP contribution is -2.25. The van der Waals surface area contributed by atoms with Crippen molar-refractivity contribution in [2.24, 2.45) is 0 Å². The van der Waals surface area contributed by atoms with Gasteiger partial charge in [0.05, 0.1) is 46.2 Å². The molecule has 0 aliphatic carbocycles. The normalized spacial score (nSPS) is 24.0. The van der Waals surface area contributed by atoms with E-state index in [0.717, 1.165) is 19.5 Å². The molecule has 18 heavy (non-hydrogen) atoms. The van der Waals surface area contributed by atoms with E-state index in [4.69, 9.17) is 23.7 Å². The molecule has 1 N–H and O–H groups in total. The fraction of sp³-hybridized carbons (Fsp3) is 1.00. The first kappa shape index (κ1) is 15.8. The van der Waals surface area contributed by atoms with Gasteiger partial charge in [-0.15, -0.1) is 0 Å². The Morgan fingerprint density at radius 2 is 1.00 bits per heavy atom. The Bertz CT molecular complexity index is 95.5. The van der Waals surface area contributed by atoms with Crippen LogP contribution in [0.25, 0.3) is 0 Å². The third-order valence-corrected chi connectivity index (χ3v) is 2.33. The third-order valence-electron chi connectivity index (χ3n) is 2.33. The molecule has 1 saturated heterocycles. The van der Waals surface area contributed by atoms with Crippen molar-refractivity contribution in [3.8, 4) is 0 Å². The SMILES string of the molecule is C1COCCOCCOCCNCCOCOC1. The molecule has 0 bridgehead atoms. The standard InChI is InChI=1S/C12H25NO5/c1-4-14-8-10-16-11-9-15-6-2-13-3-7-18-12-17-5-1/h13H,1-12H2. The van der Waals surface area contributed by atoms with Crippen molar-refractivity contribution >= 4 is 0 Å². The average molecular weight is 263 g/mol. The second-order valence-corrected chi connectivity index (χ2v) is 3.88. The Morgan fingerprint density at radius 3 is 1.78 bits per heavy atom. The molecule has 1 heterocycles. The zero-order chi connectivity index (χ0) is 12.7. The van der Waals surface area contributed by atoms with Gasteiger partial charge in [-0.2, -0.15) is 0 Å². The smallest absolute Gasteiger partial charge is 0.146 e. The highest BCUT2D eigenvalue weighted by Crippen LogP contribution is 1.88. The fourth-order valence-electron chi connectivity index (χ4n) is 1.40. The molecular weight excluding hydrogens is 238 g/mol. The van der Waals surface area contributed by atoms with Crippen LogP contribution in [0.1, 0.15) is 6.42 Å². The third kappa shape index (κ3) is 10.9. The van der Waals surface area contributed by atoms with Gasteiger partial charge in [-0.25, -0.2) is 0 Å². The molecule has 108 valence electrons. The van der Waals surface area contributed by atoms with Crippen LogP contribution in [-0.2, 0) is 23.7 Å². The van der Waals surface area contributed by atoms with Crippen molar-refractivity contribution < 1.29 is 23.7 Å². The zero-order valence-corrected chi connectivity index (χ0v) is 11.0. The van der Waals surface area contributed by atoms with Crippen LogP contribution in [0.4, 0.5) is 0 Å². The first-order chi connectivity index (χ1) is 9.00. The maximum atomic E-state index is 5.39. The Labute approximate surface area is 109 Å². The van der Waals surface area contributed by atoms with Gasteiger partial charge < -0.3 is 29.0 Å². The summed E-state index contributed by atoms with van der Waals surface area (Å²) in [4.78, 5) is 0. The molecule has 0 aromatic carbocycles. The molecule has 0 aromatic heterocycles. The minimum Gasteiger partial charge on any atom is -0.379 e. The van der Waals surface area contributed by atoms with Crippen LogP contribution in [0.5, 0.6) is 0 Å². The molecule has 1 fully saturated rings. The minimum atomic E-state index is 0.349. The molecule has 1 rings (SSSR count). The lowest BCUT2D eigenvalue weighted by Gasteiger charge is -2.09. The quantitative estimate of drug-likeness (QED) is 0.665. The summed E-state index contributed by atoms with van der Waals surface area (Å²) in [6.07, 6.45) is 0.880. The van der Waals surface area contributed by atoms with E-state index in [1.165, 1.54) is 0 Å². The van der Waals surface area contributed by atoms with Gasteiger partial charge in [-0.1, -0.05) is 0 Å². The van der Waals surface area contributed by atoms with Crippen LogP contribution in [0.15, 0.2) is 0 Å². The van der Waals surface area contributed by atoms with Gasteiger partial charge in [-0.05, 0) is 6.42 Å². The summed E-state index contributed by atoms with van der Waals surface area (Å²) in [7, 11) is 0. The van der Waals surface area contributed by atoms with Gasteiger partial charge >= 0.3 is 0 Å². The Balaban J connectivity index is 2.00. The summed E-state index contributed by atoms with van der Waals surface area (Å²) in [5.41, 5.74) is 0. The van der Waals surface area contributed by atoms with Crippen LogP contribution in [0.3, 0.4) is 0 Å². The van der Waals surface area contributed by atoms with E-state index < -0.39 is 0 Å². The maximum Gasteiger partial charge on any atom is 0.146 e. The summed E-state index contributed by atoms with van der Waals surface area (Å²) < 4.78 is 26.7. The van der Waals surface area contributed by atoms with E-state index in [2.05, 4.69) is 5.32 Å².